The van der Waals surface area contributed by atoms with Gasteiger partial charge < -0.3 is 4.57 Å². The number of fused-ring (bicyclic) bond motifs is 3. The Kier molecular flexibility index (Phi) is 3.72. The maximum atomic E-state index is 4.90. The number of imidazole rings is 1. The van der Waals surface area contributed by atoms with Crippen molar-refractivity contribution in [3.63, 3.8) is 0 Å². The quantitative estimate of drug-likeness (QED) is 0.732. The molecule has 0 fully saturated rings. The fourth-order valence-electron chi connectivity index (χ4n) is 3.36. The first-order valence-corrected chi connectivity index (χ1v) is 8.16. The molecule has 0 saturated heterocycles. The lowest BCUT2D eigenvalue weighted by Gasteiger charge is -2.17. The van der Waals surface area contributed by atoms with Crippen molar-refractivity contribution in [3.05, 3.63) is 77.6 Å². The molecular weight excluding hydrogens is 282 g/mol. The molecule has 0 N–H and O–H groups in total. The van der Waals surface area contributed by atoms with E-state index in [0.717, 1.165) is 37.6 Å². The van der Waals surface area contributed by atoms with E-state index in [1.54, 1.807) is 0 Å². The number of aryl methyl sites for hydroxylation is 2. The molecule has 1 aromatic heterocycles. The number of hydrogen-bond donors (Lipinski definition) is 0. The van der Waals surface area contributed by atoms with E-state index in [9.17, 15) is 0 Å². The van der Waals surface area contributed by atoms with Crippen molar-refractivity contribution in [3.8, 4) is 11.4 Å². The van der Waals surface area contributed by atoms with Gasteiger partial charge >= 0.3 is 0 Å². The molecule has 2 heterocycles. The molecule has 4 rings (SSSR count). The molecule has 116 valence electrons. The van der Waals surface area contributed by atoms with E-state index in [1.165, 1.54) is 16.7 Å². The smallest absolute Gasteiger partial charge is 0.140 e. The summed E-state index contributed by atoms with van der Waals surface area (Å²) in [5.74, 6) is 1.12. The highest BCUT2D eigenvalue weighted by Gasteiger charge is 2.18. The van der Waals surface area contributed by atoms with Crippen molar-refractivity contribution in [1.29, 1.82) is 0 Å². The first-order chi connectivity index (χ1) is 11.3. The number of benzene rings is 2. The highest BCUT2D eigenvalue weighted by molar-refractivity contribution is 5.62. The molecule has 0 radical (unpaired) electrons. The predicted molar refractivity (Wildman–Crippen MR) is 93.0 cm³/mol. The van der Waals surface area contributed by atoms with Gasteiger partial charge in [-0.05, 0) is 24.6 Å². The van der Waals surface area contributed by atoms with Crippen LogP contribution in [0.2, 0.25) is 0 Å². The second-order valence-corrected chi connectivity index (χ2v) is 6.31. The van der Waals surface area contributed by atoms with Gasteiger partial charge in [-0.2, -0.15) is 0 Å². The first-order valence-electron chi connectivity index (χ1n) is 8.16. The Morgan fingerprint density at radius 3 is 2.65 bits per heavy atom. The third-order valence-electron chi connectivity index (χ3n) is 4.43. The van der Waals surface area contributed by atoms with Crippen molar-refractivity contribution in [2.45, 2.75) is 26.1 Å². The summed E-state index contributed by atoms with van der Waals surface area (Å²) in [7, 11) is 2.15. The Morgan fingerprint density at radius 2 is 1.78 bits per heavy atom. The van der Waals surface area contributed by atoms with Gasteiger partial charge in [-0.3, -0.25) is 4.90 Å². The van der Waals surface area contributed by atoms with E-state index in [4.69, 9.17) is 4.98 Å². The molecule has 0 saturated carbocycles. The minimum Gasteiger partial charge on any atom is -0.330 e. The van der Waals surface area contributed by atoms with Crippen molar-refractivity contribution in [2.24, 2.45) is 0 Å². The van der Waals surface area contributed by atoms with Gasteiger partial charge in [0.2, 0.25) is 0 Å². The fourth-order valence-corrected chi connectivity index (χ4v) is 3.36. The van der Waals surface area contributed by atoms with Crippen molar-refractivity contribution in [2.75, 3.05) is 7.05 Å². The predicted octanol–water partition coefficient (Wildman–Crippen LogP) is 3.74. The van der Waals surface area contributed by atoms with Crippen LogP contribution in [0.15, 0.2) is 60.8 Å². The van der Waals surface area contributed by atoms with E-state index in [-0.39, 0.29) is 0 Å². The minimum absolute atomic E-state index is 0.872. The summed E-state index contributed by atoms with van der Waals surface area (Å²) in [6.07, 6.45) is 3.31. The zero-order chi connectivity index (χ0) is 15.6. The summed E-state index contributed by atoms with van der Waals surface area (Å²) in [4.78, 5) is 7.21. The summed E-state index contributed by atoms with van der Waals surface area (Å²) in [6.45, 7) is 2.85. The molecule has 0 unspecified atom stereocenters. The van der Waals surface area contributed by atoms with Crippen LogP contribution in [-0.4, -0.2) is 21.5 Å². The van der Waals surface area contributed by atoms with Crippen LogP contribution >= 0.6 is 0 Å². The van der Waals surface area contributed by atoms with Crippen LogP contribution in [-0.2, 0) is 26.1 Å². The number of hydrogen-bond acceptors (Lipinski definition) is 2. The summed E-state index contributed by atoms with van der Waals surface area (Å²) < 4.78 is 2.30. The maximum absolute atomic E-state index is 4.90. The molecule has 3 heteroatoms. The third kappa shape index (κ3) is 2.92. The second kappa shape index (κ2) is 6.01. The zero-order valence-electron chi connectivity index (χ0n) is 13.4. The minimum atomic E-state index is 0.872. The van der Waals surface area contributed by atoms with Gasteiger partial charge in [-0.15, -0.1) is 0 Å². The Bertz CT molecular complexity index is 805. The van der Waals surface area contributed by atoms with Gasteiger partial charge in [0.25, 0.3) is 0 Å². The average Bonchev–Trinajstić information content (AvgIpc) is 2.98. The van der Waals surface area contributed by atoms with E-state index in [1.807, 2.05) is 0 Å². The third-order valence-corrected chi connectivity index (χ3v) is 4.43. The van der Waals surface area contributed by atoms with Crippen LogP contribution in [0.3, 0.4) is 0 Å². The topological polar surface area (TPSA) is 21.1 Å². The van der Waals surface area contributed by atoms with Gasteiger partial charge in [0.1, 0.15) is 5.82 Å². The summed E-state index contributed by atoms with van der Waals surface area (Å²) in [5.41, 5.74) is 5.19. The molecule has 1 aliphatic rings. The molecular formula is C20H21N3. The number of aromatic nitrogens is 2. The SMILES string of the molecule is CN(Cc1ccccc1)Cc1cn2c(n1)-c1ccccc1CC2. The lowest BCUT2D eigenvalue weighted by atomic mass is 10.0. The molecule has 3 nitrogen and oxygen atoms in total. The normalized spacial score (nSPS) is 13.0. The van der Waals surface area contributed by atoms with Gasteiger partial charge in [-0.25, -0.2) is 4.98 Å². The summed E-state index contributed by atoms with van der Waals surface area (Å²) >= 11 is 0. The molecule has 0 spiro atoms. The molecule has 3 aromatic rings. The monoisotopic (exact) mass is 303 g/mol. The summed E-state index contributed by atoms with van der Waals surface area (Å²) in [5, 5.41) is 0. The highest BCUT2D eigenvalue weighted by Crippen LogP contribution is 2.28. The van der Waals surface area contributed by atoms with Crippen LogP contribution in [0, 0.1) is 0 Å². The largest absolute Gasteiger partial charge is 0.330 e. The molecule has 0 aliphatic carbocycles. The van der Waals surface area contributed by atoms with Crippen molar-refractivity contribution in [1.82, 2.24) is 14.5 Å². The van der Waals surface area contributed by atoms with Gasteiger partial charge in [0.05, 0.1) is 5.69 Å². The van der Waals surface area contributed by atoms with Crippen LogP contribution in [0.4, 0.5) is 0 Å². The Hall–Kier alpha value is -2.39. The summed E-state index contributed by atoms with van der Waals surface area (Å²) in [6, 6.07) is 19.2. The Balaban J connectivity index is 1.53. The molecule has 0 amide bonds. The Labute approximate surface area is 137 Å². The van der Waals surface area contributed by atoms with Crippen LogP contribution in [0.1, 0.15) is 16.8 Å². The van der Waals surface area contributed by atoms with E-state index >= 15 is 0 Å². The first kappa shape index (κ1) is 14.2. The van der Waals surface area contributed by atoms with Gasteiger partial charge in [0, 0.05) is 31.4 Å². The van der Waals surface area contributed by atoms with Crippen molar-refractivity contribution >= 4 is 0 Å². The van der Waals surface area contributed by atoms with E-state index in [0.29, 0.717) is 0 Å². The van der Waals surface area contributed by atoms with E-state index in [2.05, 4.69) is 77.3 Å². The van der Waals surface area contributed by atoms with Gasteiger partial charge in [0.15, 0.2) is 0 Å². The lowest BCUT2D eigenvalue weighted by Crippen LogP contribution is -2.17. The van der Waals surface area contributed by atoms with Gasteiger partial charge in [-0.1, -0.05) is 54.6 Å². The molecule has 2 aromatic carbocycles. The van der Waals surface area contributed by atoms with Crippen molar-refractivity contribution < 1.29 is 0 Å². The molecule has 0 bridgehead atoms. The zero-order valence-corrected chi connectivity index (χ0v) is 13.4. The standard InChI is InChI=1S/C20H21N3/c1-22(13-16-7-3-2-4-8-16)14-18-15-23-12-11-17-9-5-6-10-19(17)20(23)21-18/h2-10,15H,11-14H2,1H3. The number of rotatable bonds is 4. The lowest BCUT2D eigenvalue weighted by molar-refractivity contribution is 0.315. The van der Waals surface area contributed by atoms with Crippen LogP contribution < -0.4 is 0 Å². The van der Waals surface area contributed by atoms with E-state index < -0.39 is 0 Å². The van der Waals surface area contributed by atoms with Crippen LogP contribution in [0.25, 0.3) is 11.4 Å². The molecule has 0 atom stereocenters. The molecule has 23 heavy (non-hydrogen) atoms. The Morgan fingerprint density at radius 1 is 1.00 bits per heavy atom. The fraction of sp³-hybridized carbons (Fsp3) is 0.250. The van der Waals surface area contributed by atoms with Crippen LogP contribution in [0.5, 0.6) is 0 Å². The second-order valence-electron chi connectivity index (χ2n) is 6.31. The average molecular weight is 303 g/mol. The number of nitrogens with zero attached hydrogens (tertiary/aromatic N) is 3. The molecule has 1 aliphatic heterocycles. The highest BCUT2D eigenvalue weighted by atomic mass is 15.1. The maximum Gasteiger partial charge on any atom is 0.140 e.